The van der Waals surface area contributed by atoms with E-state index in [2.05, 4.69) is 0 Å². The van der Waals surface area contributed by atoms with Crippen LogP contribution in [-0.2, 0) is 0 Å². The van der Waals surface area contributed by atoms with Crippen molar-refractivity contribution in [1.29, 1.82) is 0 Å². The predicted octanol–water partition coefficient (Wildman–Crippen LogP) is 2.28. The summed E-state index contributed by atoms with van der Waals surface area (Å²) in [5, 5.41) is 9.56. The van der Waals surface area contributed by atoms with E-state index in [1.165, 1.54) is 12.1 Å². The average Bonchev–Trinajstić information content (AvgIpc) is 1.93. The third-order valence-corrected chi connectivity index (χ3v) is 1.75. The van der Waals surface area contributed by atoms with Crippen molar-refractivity contribution < 1.29 is 5.11 Å². The Balaban J connectivity index is 3.34. The molecule has 0 aliphatic heterocycles. The van der Waals surface area contributed by atoms with Crippen LogP contribution in [0.5, 0.6) is 5.75 Å². The fraction of sp³-hybridized carbons (Fsp3) is 0. The van der Waals surface area contributed by atoms with Crippen LogP contribution in [0, 0.1) is 0 Å². The zero-order valence-corrected chi connectivity index (χ0v) is 6.45. The average molecular weight is 178 g/mol. The summed E-state index contributed by atoms with van der Waals surface area (Å²) in [6, 6.07) is 3.01. The number of phenolic OH excluding ortho intramolecular Hbond substituents is 1. The fourth-order valence-electron chi connectivity index (χ4n) is 0.557. The van der Waals surface area contributed by atoms with Crippen molar-refractivity contribution >= 4 is 28.9 Å². The second-order valence-electron chi connectivity index (χ2n) is 1.79. The summed E-state index contributed by atoms with van der Waals surface area (Å²) >= 11 is 11.0. The van der Waals surface area contributed by atoms with Crippen molar-refractivity contribution in [3.05, 3.63) is 22.2 Å². The molecule has 0 saturated carbocycles. The van der Waals surface area contributed by atoms with Crippen molar-refractivity contribution in [2.45, 2.75) is 0 Å². The molecule has 4 heteroatoms. The van der Waals surface area contributed by atoms with Gasteiger partial charge in [0, 0.05) is 0 Å². The Bertz CT molecular complexity index is 235. The Morgan fingerprint density at radius 2 is 1.70 bits per heavy atom. The van der Waals surface area contributed by atoms with Crippen LogP contribution in [-0.4, -0.2) is 5.11 Å². The highest BCUT2D eigenvalue weighted by Gasteiger charge is 2.04. The van der Waals surface area contributed by atoms with Gasteiger partial charge in [0.2, 0.25) is 0 Å². The molecule has 0 aliphatic carbocycles. The van der Waals surface area contributed by atoms with Crippen LogP contribution >= 0.6 is 23.2 Å². The molecule has 1 rings (SSSR count). The molecule has 3 N–H and O–H groups in total. The lowest BCUT2D eigenvalue weighted by Crippen LogP contribution is -1.86. The number of aromatic hydroxyl groups is 1. The molecule has 0 aromatic heterocycles. The highest BCUT2D eigenvalue weighted by atomic mass is 35.5. The maximum Gasteiger partial charge on any atom is 0.158 e. The highest BCUT2D eigenvalue weighted by molar-refractivity contribution is 6.36. The molecule has 1 aromatic rings. The maximum absolute atomic E-state index is 9.05. The number of nitrogens with two attached hydrogens (primary N) is 1. The first-order valence-electron chi connectivity index (χ1n) is 2.55. The Labute approximate surface area is 68.2 Å². The molecule has 0 aliphatic rings. The van der Waals surface area contributed by atoms with Crippen molar-refractivity contribution in [3.63, 3.8) is 0 Å². The van der Waals surface area contributed by atoms with Gasteiger partial charge in [-0.25, -0.2) is 0 Å². The largest absolute Gasteiger partial charge is 0.504 e. The lowest BCUT2D eigenvalue weighted by molar-refractivity contribution is 0.478. The summed E-state index contributed by atoms with van der Waals surface area (Å²) < 4.78 is 0. The Morgan fingerprint density at radius 3 is 2.20 bits per heavy atom. The van der Waals surface area contributed by atoms with Gasteiger partial charge in [0.25, 0.3) is 0 Å². The van der Waals surface area contributed by atoms with E-state index in [9.17, 15) is 0 Å². The lowest BCUT2D eigenvalue weighted by Gasteiger charge is -2.01. The molecule has 0 radical (unpaired) electrons. The van der Waals surface area contributed by atoms with Crippen LogP contribution in [0.15, 0.2) is 12.1 Å². The molecule has 1 aromatic carbocycles. The zero-order chi connectivity index (χ0) is 7.72. The van der Waals surface area contributed by atoms with Crippen LogP contribution in [0.3, 0.4) is 0 Å². The van der Waals surface area contributed by atoms with Crippen LogP contribution in [0.4, 0.5) is 5.69 Å². The molecule has 0 atom stereocenters. The second kappa shape index (κ2) is 2.56. The summed E-state index contributed by atoms with van der Waals surface area (Å²) in [5.41, 5.74) is 5.44. The molecule has 0 unspecified atom stereocenters. The minimum absolute atomic E-state index is 0.120. The van der Waals surface area contributed by atoms with Gasteiger partial charge in [0.15, 0.2) is 5.75 Å². The molecule has 0 saturated heterocycles. The number of hydrogen-bond acceptors (Lipinski definition) is 2. The van der Waals surface area contributed by atoms with Gasteiger partial charge >= 0.3 is 0 Å². The van der Waals surface area contributed by atoms with Gasteiger partial charge < -0.3 is 10.8 Å². The predicted molar refractivity (Wildman–Crippen MR) is 42.5 cm³/mol. The van der Waals surface area contributed by atoms with E-state index in [0.717, 1.165) is 0 Å². The minimum Gasteiger partial charge on any atom is -0.504 e. The van der Waals surface area contributed by atoms with E-state index in [1.807, 2.05) is 0 Å². The molecule has 0 bridgehead atoms. The Kier molecular flexibility index (Phi) is 1.92. The molecule has 0 fully saturated rings. The van der Waals surface area contributed by atoms with Gasteiger partial charge in [-0.1, -0.05) is 23.2 Å². The fourth-order valence-corrected chi connectivity index (χ4v) is 0.874. The third kappa shape index (κ3) is 1.13. The molecule has 2 nitrogen and oxygen atoms in total. The van der Waals surface area contributed by atoms with Gasteiger partial charge in [0.1, 0.15) is 0 Å². The SMILES string of the molecule is Nc1c(Cl)ccc(Cl)c1O. The molecule has 0 amide bonds. The topological polar surface area (TPSA) is 46.2 Å². The van der Waals surface area contributed by atoms with Gasteiger partial charge in [-0.3, -0.25) is 0 Å². The van der Waals surface area contributed by atoms with Crippen molar-refractivity contribution in [1.82, 2.24) is 0 Å². The van der Waals surface area contributed by atoms with E-state index in [4.69, 9.17) is 34.0 Å². The smallest absolute Gasteiger partial charge is 0.158 e. The van der Waals surface area contributed by atoms with Crippen LogP contribution < -0.4 is 5.73 Å². The van der Waals surface area contributed by atoms with Crippen LogP contribution in [0.1, 0.15) is 0 Å². The summed E-state index contributed by atoms with van der Waals surface area (Å²) in [7, 11) is 0. The van der Waals surface area contributed by atoms with Crippen molar-refractivity contribution in [2.75, 3.05) is 5.73 Å². The highest BCUT2D eigenvalue weighted by Crippen LogP contribution is 2.34. The van der Waals surface area contributed by atoms with Gasteiger partial charge in [-0.05, 0) is 12.1 Å². The molecule has 0 heterocycles. The van der Waals surface area contributed by atoms with Gasteiger partial charge in [-0.15, -0.1) is 0 Å². The van der Waals surface area contributed by atoms with E-state index in [0.29, 0.717) is 5.02 Å². The van der Waals surface area contributed by atoms with Crippen LogP contribution in [0.2, 0.25) is 10.0 Å². The van der Waals surface area contributed by atoms with E-state index in [1.54, 1.807) is 0 Å². The molecule has 0 spiro atoms. The number of nitrogen functional groups attached to an aromatic ring is 1. The second-order valence-corrected chi connectivity index (χ2v) is 2.61. The standard InChI is InChI=1S/C6H5Cl2NO/c7-3-1-2-4(8)6(10)5(3)9/h1-2,10H,9H2. The van der Waals surface area contributed by atoms with E-state index in [-0.39, 0.29) is 16.5 Å². The number of halogens is 2. The first-order chi connectivity index (χ1) is 4.63. The monoisotopic (exact) mass is 177 g/mol. The first kappa shape index (κ1) is 7.51. The number of phenols is 1. The summed E-state index contributed by atoms with van der Waals surface area (Å²) in [4.78, 5) is 0. The number of benzene rings is 1. The van der Waals surface area contributed by atoms with Gasteiger partial charge in [-0.2, -0.15) is 0 Å². The lowest BCUT2D eigenvalue weighted by atomic mass is 10.3. The number of hydrogen-bond donors (Lipinski definition) is 2. The molecular formula is C6H5Cl2NO. The summed E-state index contributed by atoms with van der Waals surface area (Å²) in [6.45, 7) is 0. The first-order valence-corrected chi connectivity index (χ1v) is 3.31. The van der Waals surface area contributed by atoms with Crippen LogP contribution in [0.25, 0.3) is 0 Å². The molecule has 10 heavy (non-hydrogen) atoms. The maximum atomic E-state index is 9.05. The third-order valence-electron chi connectivity index (χ3n) is 1.11. The Hall–Kier alpha value is -0.600. The van der Waals surface area contributed by atoms with Crippen molar-refractivity contribution in [3.8, 4) is 5.75 Å². The molecular weight excluding hydrogens is 173 g/mol. The molecule has 54 valence electrons. The summed E-state index contributed by atoms with van der Waals surface area (Å²) in [5.74, 6) is -0.158. The Morgan fingerprint density at radius 1 is 1.20 bits per heavy atom. The van der Waals surface area contributed by atoms with Gasteiger partial charge in [0.05, 0.1) is 15.7 Å². The quantitative estimate of drug-likeness (QED) is 0.472. The van der Waals surface area contributed by atoms with E-state index < -0.39 is 0 Å². The zero-order valence-electron chi connectivity index (χ0n) is 4.94. The number of anilines is 1. The minimum atomic E-state index is -0.158. The summed E-state index contributed by atoms with van der Waals surface area (Å²) in [6.07, 6.45) is 0. The van der Waals surface area contributed by atoms with Crippen molar-refractivity contribution in [2.24, 2.45) is 0 Å². The van der Waals surface area contributed by atoms with E-state index >= 15 is 0 Å². The number of rotatable bonds is 0. The normalized spacial score (nSPS) is 9.80.